The third-order valence-electron chi connectivity index (χ3n) is 4.09. The van der Waals surface area contributed by atoms with E-state index < -0.39 is 10.0 Å². The minimum absolute atomic E-state index is 0.254. The highest BCUT2D eigenvalue weighted by molar-refractivity contribution is 7.89. The zero-order valence-corrected chi connectivity index (χ0v) is 13.5. The minimum atomic E-state index is -3.51. The van der Waals surface area contributed by atoms with Gasteiger partial charge in [-0.1, -0.05) is 6.07 Å². The van der Waals surface area contributed by atoms with Gasteiger partial charge in [0.15, 0.2) is 0 Å². The van der Waals surface area contributed by atoms with Gasteiger partial charge in [-0.15, -0.1) is 0 Å². The van der Waals surface area contributed by atoms with Crippen LogP contribution in [0.2, 0.25) is 0 Å². The molecule has 2 rings (SSSR count). The summed E-state index contributed by atoms with van der Waals surface area (Å²) in [4.78, 5) is 2.40. The normalized spacial score (nSPS) is 17.9. The van der Waals surface area contributed by atoms with Gasteiger partial charge in [-0.2, -0.15) is 9.57 Å². The number of hydrogen-bond donors (Lipinski definition) is 0. The van der Waals surface area contributed by atoms with Crippen LogP contribution in [0.3, 0.4) is 0 Å². The summed E-state index contributed by atoms with van der Waals surface area (Å²) < 4.78 is 27.0. The maximum Gasteiger partial charge on any atom is 0.243 e. The molecular weight excluding hydrogens is 286 g/mol. The highest BCUT2D eigenvalue weighted by Crippen LogP contribution is 2.25. The molecule has 0 spiro atoms. The Balaban J connectivity index is 2.26. The third kappa shape index (κ3) is 3.26. The predicted octanol–water partition coefficient (Wildman–Crippen LogP) is 1.58. The van der Waals surface area contributed by atoms with E-state index in [1.165, 1.54) is 10.4 Å². The predicted molar refractivity (Wildman–Crippen MR) is 81.4 cm³/mol. The Hall–Kier alpha value is -1.42. The van der Waals surface area contributed by atoms with Crippen LogP contribution in [-0.4, -0.2) is 50.8 Å². The number of aryl methyl sites for hydroxylation is 1. The molecule has 5 nitrogen and oxygen atoms in total. The molecule has 6 heteroatoms. The van der Waals surface area contributed by atoms with E-state index in [4.69, 9.17) is 5.26 Å². The lowest BCUT2D eigenvalue weighted by molar-refractivity contribution is 0.196. The van der Waals surface area contributed by atoms with E-state index in [-0.39, 0.29) is 4.90 Å². The summed E-state index contributed by atoms with van der Waals surface area (Å²) in [5, 5.41) is 8.96. The molecular formula is C15H21N3O2S. The van der Waals surface area contributed by atoms with E-state index in [0.29, 0.717) is 30.3 Å². The second-order valence-corrected chi connectivity index (χ2v) is 7.60. The summed E-state index contributed by atoms with van der Waals surface area (Å²) in [5.74, 6) is 0. The number of nitrogens with zero attached hydrogens (tertiary/aromatic N) is 3. The molecule has 1 aromatic rings. The monoisotopic (exact) mass is 307 g/mol. The van der Waals surface area contributed by atoms with Crippen molar-refractivity contribution in [2.45, 2.75) is 30.7 Å². The van der Waals surface area contributed by atoms with Gasteiger partial charge in [-0.25, -0.2) is 8.42 Å². The molecule has 0 unspecified atom stereocenters. The van der Waals surface area contributed by atoms with Gasteiger partial charge in [0.1, 0.15) is 0 Å². The average molecular weight is 307 g/mol. The molecule has 0 aliphatic carbocycles. The van der Waals surface area contributed by atoms with Gasteiger partial charge in [0.2, 0.25) is 10.0 Å². The van der Waals surface area contributed by atoms with Gasteiger partial charge in [0.05, 0.1) is 16.5 Å². The molecule has 0 bridgehead atoms. The van der Waals surface area contributed by atoms with Gasteiger partial charge < -0.3 is 4.90 Å². The SMILES string of the molecule is Cc1ccc(C#N)cc1S(=O)(=O)N1CCC(N(C)C)CC1. The Morgan fingerprint density at radius 1 is 1.29 bits per heavy atom. The maximum atomic E-state index is 12.8. The van der Waals surface area contributed by atoms with Crippen LogP contribution in [0.1, 0.15) is 24.0 Å². The van der Waals surface area contributed by atoms with Gasteiger partial charge >= 0.3 is 0 Å². The highest BCUT2D eigenvalue weighted by Gasteiger charge is 2.31. The van der Waals surface area contributed by atoms with Crippen molar-refractivity contribution in [2.24, 2.45) is 0 Å². The lowest BCUT2D eigenvalue weighted by Crippen LogP contribution is -2.44. The molecule has 0 aromatic heterocycles. The van der Waals surface area contributed by atoms with E-state index in [1.54, 1.807) is 19.1 Å². The number of benzene rings is 1. The minimum Gasteiger partial charge on any atom is -0.306 e. The Morgan fingerprint density at radius 2 is 1.90 bits per heavy atom. The Kier molecular flexibility index (Phi) is 4.67. The van der Waals surface area contributed by atoms with Crippen molar-refractivity contribution in [3.05, 3.63) is 29.3 Å². The average Bonchev–Trinajstić information content (AvgIpc) is 2.47. The largest absolute Gasteiger partial charge is 0.306 e. The van der Waals surface area contributed by atoms with Crippen molar-refractivity contribution in [3.8, 4) is 6.07 Å². The lowest BCUT2D eigenvalue weighted by atomic mass is 10.1. The van der Waals surface area contributed by atoms with E-state index in [2.05, 4.69) is 4.90 Å². The molecule has 0 saturated carbocycles. The van der Waals surface area contributed by atoms with Crippen molar-refractivity contribution in [1.29, 1.82) is 5.26 Å². The van der Waals surface area contributed by atoms with Crippen LogP contribution in [0, 0.1) is 18.3 Å². The first kappa shape index (κ1) is 16.0. The molecule has 0 N–H and O–H groups in total. The van der Waals surface area contributed by atoms with Crippen molar-refractivity contribution in [1.82, 2.24) is 9.21 Å². The fourth-order valence-corrected chi connectivity index (χ4v) is 4.41. The van der Waals surface area contributed by atoms with Gasteiger partial charge in [0, 0.05) is 19.1 Å². The summed E-state index contributed by atoms with van der Waals surface area (Å²) in [5.41, 5.74) is 1.06. The summed E-state index contributed by atoms with van der Waals surface area (Å²) in [6.45, 7) is 2.82. The fraction of sp³-hybridized carbons (Fsp3) is 0.533. The maximum absolute atomic E-state index is 12.8. The summed E-state index contributed by atoms with van der Waals surface area (Å²) >= 11 is 0. The Labute approximate surface area is 126 Å². The smallest absolute Gasteiger partial charge is 0.243 e. The van der Waals surface area contributed by atoms with E-state index >= 15 is 0 Å². The Morgan fingerprint density at radius 3 is 2.43 bits per heavy atom. The topological polar surface area (TPSA) is 64.4 Å². The van der Waals surface area contributed by atoms with E-state index in [9.17, 15) is 8.42 Å². The first-order valence-corrected chi connectivity index (χ1v) is 8.47. The van der Waals surface area contributed by atoms with Crippen LogP contribution in [0.5, 0.6) is 0 Å². The molecule has 0 atom stereocenters. The molecule has 1 aromatic carbocycles. The van der Waals surface area contributed by atoms with Crippen LogP contribution < -0.4 is 0 Å². The van der Waals surface area contributed by atoms with E-state index in [1.807, 2.05) is 20.2 Å². The van der Waals surface area contributed by atoms with Crippen molar-refractivity contribution in [2.75, 3.05) is 27.2 Å². The van der Waals surface area contributed by atoms with Crippen molar-refractivity contribution < 1.29 is 8.42 Å². The second kappa shape index (κ2) is 6.14. The Bertz CT molecular complexity index is 654. The van der Waals surface area contributed by atoms with Crippen LogP contribution in [0.25, 0.3) is 0 Å². The van der Waals surface area contributed by atoms with Crippen LogP contribution in [-0.2, 0) is 10.0 Å². The highest BCUT2D eigenvalue weighted by atomic mass is 32.2. The van der Waals surface area contributed by atoms with Gasteiger partial charge in [-0.3, -0.25) is 0 Å². The molecule has 1 heterocycles. The fourth-order valence-electron chi connectivity index (χ4n) is 2.69. The number of sulfonamides is 1. The van der Waals surface area contributed by atoms with Crippen LogP contribution >= 0.6 is 0 Å². The standard InChI is InChI=1S/C15H21N3O2S/c1-12-4-5-13(11-16)10-15(12)21(19,20)18-8-6-14(7-9-18)17(2)3/h4-5,10,14H,6-9H2,1-3H3. The number of rotatable bonds is 3. The molecule has 1 aliphatic rings. The van der Waals surface area contributed by atoms with E-state index in [0.717, 1.165) is 12.8 Å². The van der Waals surface area contributed by atoms with Gasteiger partial charge in [0.25, 0.3) is 0 Å². The summed E-state index contributed by atoms with van der Waals surface area (Å²) in [7, 11) is 0.536. The van der Waals surface area contributed by atoms with Crippen LogP contribution in [0.15, 0.2) is 23.1 Å². The van der Waals surface area contributed by atoms with Crippen molar-refractivity contribution in [3.63, 3.8) is 0 Å². The molecule has 0 radical (unpaired) electrons. The quantitative estimate of drug-likeness (QED) is 0.850. The van der Waals surface area contributed by atoms with Crippen LogP contribution in [0.4, 0.5) is 0 Å². The number of hydrogen-bond acceptors (Lipinski definition) is 4. The summed E-state index contributed by atoms with van der Waals surface area (Å²) in [6.07, 6.45) is 1.67. The first-order valence-electron chi connectivity index (χ1n) is 7.03. The van der Waals surface area contributed by atoms with Gasteiger partial charge in [-0.05, 0) is 51.6 Å². The second-order valence-electron chi connectivity index (χ2n) is 5.69. The number of nitriles is 1. The molecule has 1 saturated heterocycles. The zero-order valence-electron chi connectivity index (χ0n) is 12.7. The third-order valence-corrected chi connectivity index (χ3v) is 6.13. The molecule has 1 aliphatic heterocycles. The number of piperidine rings is 1. The molecule has 21 heavy (non-hydrogen) atoms. The zero-order chi connectivity index (χ0) is 15.6. The van der Waals surface area contributed by atoms with Crippen molar-refractivity contribution >= 4 is 10.0 Å². The first-order chi connectivity index (χ1) is 9.86. The molecule has 114 valence electrons. The summed E-state index contributed by atoms with van der Waals surface area (Å²) in [6, 6.07) is 7.25. The molecule has 1 fully saturated rings. The molecule has 0 amide bonds. The lowest BCUT2D eigenvalue weighted by Gasteiger charge is -2.34.